The number of pyridine rings is 1. The maximum atomic E-state index is 9.85. The lowest BCUT2D eigenvalue weighted by Crippen LogP contribution is -1.89. The molecule has 84 valence electrons. The number of rotatable bonds is 1. The van der Waals surface area contributed by atoms with Gasteiger partial charge in [0.15, 0.2) is 0 Å². The number of fused-ring (bicyclic) bond motifs is 1. The molecule has 3 aromatic rings. The topological polar surface area (TPSA) is 37.5 Å². The summed E-state index contributed by atoms with van der Waals surface area (Å²) in [6.45, 7) is 0. The molecule has 2 heterocycles. The van der Waals surface area contributed by atoms with E-state index in [1.54, 1.807) is 18.3 Å². The second-order valence-corrected chi connectivity index (χ2v) is 4.66. The first-order chi connectivity index (χ1) is 8.25. The van der Waals surface area contributed by atoms with Gasteiger partial charge in [-0.05, 0) is 40.2 Å². The molecule has 4 heteroatoms. The normalized spacial score (nSPS) is 10.9. The Morgan fingerprint density at radius 2 is 1.94 bits per heavy atom. The molecule has 0 aliphatic rings. The van der Waals surface area contributed by atoms with Crippen LogP contribution in [-0.2, 0) is 0 Å². The van der Waals surface area contributed by atoms with Crippen molar-refractivity contribution >= 4 is 21.4 Å². The molecule has 0 fully saturated rings. The van der Waals surface area contributed by atoms with E-state index in [0.29, 0.717) is 0 Å². The zero-order valence-electron chi connectivity index (χ0n) is 8.84. The van der Waals surface area contributed by atoms with Gasteiger partial charge in [0.25, 0.3) is 0 Å². The van der Waals surface area contributed by atoms with Crippen molar-refractivity contribution in [3.8, 4) is 17.1 Å². The van der Waals surface area contributed by atoms with Gasteiger partial charge in [-0.3, -0.25) is 4.40 Å². The minimum atomic E-state index is 0.236. The van der Waals surface area contributed by atoms with E-state index < -0.39 is 0 Å². The van der Waals surface area contributed by atoms with Crippen LogP contribution in [0.1, 0.15) is 0 Å². The van der Waals surface area contributed by atoms with Crippen LogP contribution in [0.5, 0.6) is 5.75 Å². The fourth-order valence-electron chi connectivity index (χ4n) is 1.83. The highest BCUT2D eigenvalue weighted by Crippen LogP contribution is 2.28. The van der Waals surface area contributed by atoms with Crippen LogP contribution in [0.25, 0.3) is 16.9 Å². The van der Waals surface area contributed by atoms with Gasteiger partial charge < -0.3 is 5.11 Å². The van der Waals surface area contributed by atoms with E-state index in [2.05, 4.69) is 20.9 Å². The number of aromatic hydroxyl groups is 1. The van der Waals surface area contributed by atoms with Gasteiger partial charge in [0, 0.05) is 10.7 Å². The predicted octanol–water partition coefficient (Wildman–Crippen LogP) is 3.47. The SMILES string of the molecule is Oc1ccccc1-c1ncc2ccc(Br)cn12. The Morgan fingerprint density at radius 1 is 1.12 bits per heavy atom. The molecule has 1 aromatic carbocycles. The Morgan fingerprint density at radius 3 is 2.76 bits per heavy atom. The van der Waals surface area contributed by atoms with Crippen molar-refractivity contribution in [2.75, 3.05) is 0 Å². The minimum Gasteiger partial charge on any atom is -0.507 e. The summed E-state index contributed by atoms with van der Waals surface area (Å²) in [6, 6.07) is 11.1. The van der Waals surface area contributed by atoms with E-state index in [-0.39, 0.29) is 5.75 Å². The second kappa shape index (κ2) is 3.89. The zero-order valence-corrected chi connectivity index (χ0v) is 10.4. The summed E-state index contributed by atoms with van der Waals surface area (Å²) >= 11 is 3.43. The molecule has 0 saturated heterocycles. The van der Waals surface area contributed by atoms with E-state index in [4.69, 9.17) is 0 Å². The highest BCUT2D eigenvalue weighted by atomic mass is 79.9. The molecular formula is C13H9BrN2O. The van der Waals surface area contributed by atoms with Crippen LogP contribution in [0.2, 0.25) is 0 Å². The molecular weight excluding hydrogens is 280 g/mol. The molecule has 0 spiro atoms. The van der Waals surface area contributed by atoms with E-state index >= 15 is 0 Å². The number of hydrogen-bond acceptors (Lipinski definition) is 2. The van der Waals surface area contributed by atoms with Crippen molar-refractivity contribution in [1.82, 2.24) is 9.38 Å². The van der Waals surface area contributed by atoms with Crippen LogP contribution in [-0.4, -0.2) is 14.5 Å². The van der Waals surface area contributed by atoms with E-state index in [1.165, 1.54) is 0 Å². The smallest absolute Gasteiger partial charge is 0.148 e. The molecule has 0 radical (unpaired) electrons. The van der Waals surface area contributed by atoms with Crippen molar-refractivity contribution in [2.24, 2.45) is 0 Å². The molecule has 2 aromatic heterocycles. The summed E-state index contributed by atoms with van der Waals surface area (Å²) in [5.74, 6) is 0.972. The molecule has 1 N–H and O–H groups in total. The summed E-state index contributed by atoms with van der Waals surface area (Å²) in [5.41, 5.74) is 1.72. The monoisotopic (exact) mass is 288 g/mol. The molecule has 0 unspecified atom stereocenters. The average Bonchev–Trinajstić information content (AvgIpc) is 2.72. The van der Waals surface area contributed by atoms with Crippen LogP contribution in [0.4, 0.5) is 0 Å². The molecule has 0 aliphatic carbocycles. The predicted molar refractivity (Wildman–Crippen MR) is 70.0 cm³/mol. The molecule has 17 heavy (non-hydrogen) atoms. The Balaban J connectivity index is 2.31. The number of benzene rings is 1. The number of halogens is 1. The average molecular weight is 289 g/mol. The van der Waals surface area contributed by atoms with Crippen molar-refractivity contribution in [1.29, 1.82) is 0 Å². The molecule has 3 nitrogen and oxygen atoms in total. The summed E-state index contributed by atoms with van der Waals surface area (Å²) in [6.07, 6.45) is 3.72. The van der Waals surface area contributed by atoms with Crippen molar-refractivity contribution in [3.05, 3.63) is 53.3 Å². The Hall–Kier alpha value is -1.81. The number of aromatic nitrogens is 2. The van der Waals surface area contributed by atoms with Gasteiger partial charge in [-0.25, -0.2) is 4.98 Å². The Labute approximate surface area is 106 Å². The molecule has 0 atom stereocenters. The molecule has 3 rings (SSSR count). The van der Waals surface area contributed by atoms with Gasteiger partial charge in [-0.15, -0.1) is 0 Å². The highest BCUT2D eigenvalue weighted by molar-refractivity contribution is 9.10. The van der Waals surface area contributed by atoms with Gasteiger partial charge in [0.2, 0.25) is 0 Å². The number of nitrogens with zero attached hydrogens (tertiary/aromatic N) is 2. The zero-order chi connectivity index (χ0) is 11.8. The Bertz CT molecular complexity index is 691. The summed E-state index contributed by atoms with van der Waals surface area (Å²) in [7, 11) is 0. The number of phenols is 1. The maximum absolute atomic E-state index is 9.85. The molecule has 0 aliphatic heterocycles. The first kappa shape index (κ1) is 10.4. The first-order valence-corrected chi connectivity index (χ1v) is 5.96. The van der Waals surface area contributed by atoms with Crippen LogP contribution >= 0.6 is 15.9 Å². The van der Waals surface area contributed by atoms with Gasteiger partial charge in [0.1, 0.15) is 11.6 Å². The number of para-hydroxylation sites is 1. The third-order valence-corrected chi connectivity index (χ3v) is 3.11. The maximum Gasteiger partial charge on any atom is 0.148 e. The van der Waals surface area contributed by atoms with E-state index in [1.807, 2.05) is 34.9 Å². The summed E-state index contributed by atoms with van der Waals surface area (Å²) in [5, 5.41) is 9.85. The number of imidazole rings is 1. The minimum absolute atomic E-state index is 0.236. The standard InChI is InChI=1S/C13H9BrN2O/c14-9-5-6-10-7-15-13(16(10)8-9)11-3-1-2-4-12(11)17/h1-8,17H. The first-order valence-electron chi connectivity index (χ1n) is 5.17. The van der Waals surface area contributed by atoms with Gasteiger partial charge in [0.05, 0.1) is 17.3 Å². The lowest BCUT2D eigenvalue weighted by molar-refractivity contribution is 0.477. The molecule has 0 bridgehead atoms. The third-order valence-electron chi connectivity index (χ3n) is 2.64. The number of hydrogen-bond donors (Lipinski definition) is 1. The van der Waals surface area contributed by atoms with Crippen LogP contribution in [0.15, 0.2) is 53.3 Å². The van der Waals surface area contributed by atoms with Crippen molar-refractivity contribution in [2.45, 2.75) is 0 Å². The van der Waals surface area contributed by atoms with Crippen molar-refractivity contribution in [3.63, 3.8) is 0 Å². The quantitative estimate of drug-likeness (QED) is 0.744. The van der Waals surface area contributed by atoms with Crippen molar-refractivity contribution < 1.29 is 5.11 Å². The van der Waals surface area contributed by atoms with E-state index in [9.17, 15) is 5.11 Å². The number of phenolic OH excluding ortho intramolecular Hbond substituents is 1. The summed E-state index contributed by atoms with van der Waals surface area (Å²) < 4.78 is 2.92. The fourth-order valence-corrected chi connectivity index (χ4v) is 2.16. The van der Waals surface area contributed by atoms with E-state index in [0.717, 1.165) is 21.4 Å². The molecule has 0 saturated carbocycles. The fraction of sp³-hybridized carbons (Fsp3) is 0. The lowest BCUT2D eigenvalue weighted by Gasteiger charge is -2.04. The lowest BCUT2D eigenvalue weighted by atomic mass is 10.2. The summed E-state index contributed by atoms with van der Waals surface area (Å²) in [4.78, 5) is 4.35. The Kier molecular flexibility index (Phi) is 2.37. The highest BCUT2D eigenvalue weighted by Gasteiger charge is 2.09. The third kappa shape index (κ3) is 1.70. The van der Waals surface area contributed by atoms with Gasteiger partial charge >= 0.3 is 0 Å². The largest absolute Gasteiger partial charge is 0.507 e. The molecule has 0 amide bonds. The second-order valence-electron chi connectivity index (χ2n) is 3.74. The van der Waals surface area contributed by atoms with Crippen LogP contribution < -0.4 is 0 Å². The van der Waals surface area contributed by atoms with Gasteiger partial charge in [-0.1, -0.05) is 12.1 Å². The van der Waals surface area contributed by atoms with Gasteiger partial charge in [-0.2, -0.15) is 0 Å². The van der Waals surface area contributed by atoms with Crippen LogP contribution in [0, 0.1) is 0 Å². The van der Waals surface area contributed by atoms with Crippen LogP contribution in [0.3, 0.4) is 0 Å².